The summed E-state index contributed by atoms with van der Waals surface area (Å²) in [5, 5.41) is 3.33. The zero-order valence-electron chi connectivity index (χ0n) is 8.52. The molecule has 0 aromatic heterocycles. The highest BCUT2D eigenvalue weighted by Crippen LogP contribution is 2.04. The van der Waals surface area contributed by atoms with Gasteiger partial charge in [-0.05, 0) is 34.0 Å². The zero-order valence-corrected chi connectivity index (χ0v) is 8.52. The Morgan fingerprint density at radius 1 is 1.36 bits per heavy atom. The quantitative estimate of drug-likeness (QED) is 0.649. The summed E-state index contributed by atoms with van der Waals surface area (Å²) in [5.74, 6) is 0. The molecule has 2 unspecified atom stereocenters. The fourth-order valence-electron chi connectivity index (χ4n) is 1.38. The summed E-state index contributed by atoms with van der Waals surface area (Å²) in [6, 6.07) is 1.26. The van der Waals surface area contributed by atoms with Crippen LogP contribution >= 0.6 is 0 Å². The second kappa shape index (κ2) is 5.56. The number of hydrogen-bond donors (Lipinski definition) is 1. The summed E-state index contributed by atoms with van der Waals surface area (Å²) < 4.78 is 0. The lowest BCUT2D eigenvalue weighted by atomic mass is 10.1. The van der Waals surface area contributed by atoms with Crippen molar-refractivity contribution in [1.29, 1.82) is 0 Å². The molecule has 0 saturated heterocycles. The highest BCUT2D eigenvalue weighted by atomic mass is 15.1. The van der Waals surface area contributed by atoms with Gasteiger partial charge in [-0.15, -0.1) is 0 Å². The molecule has 0 spiro atoms. The molecular formula is C9H22N2. The van der Waals surface area contributed by atoms with Gasteiger partial charge in [-0.1, -0.05) is 13.8 Å². The predicted molar refractivity (Wildman–Crippen MR) is 50.9 cm³/mol. The van der Waals surface area contributed by atoms with E-state index < -0.39 is 0 Å². The van der Waals surface area contributed by atoms with E-state index in [1.807, 2.05) is 7.05 Å². The van der Waals surface area contributed by atoms with E-state index in [0.29, 0.717) is 12.1 Å². The molecular weight excluding hydrogens is 136 g/mol. The second-order valence-electron chi connectivity index (χ2n) is 3.12. The van der Waals surface area contributed by atoms with Crippen molar-refractivity contribution in [2.75, 3.05) is 20.6 Å². The SMILES string of the molecule is CCC(NC)C(C)N(C)CC. The molecule has 0 fully saturated rings. The first kappa shape index (κ1) is 10.9. The molecule has 0 aliphatic heterocycles. The Morgan fingerprint density at radius 2 is 1.91 bits per heavy atom. The molecule has 0 amide bonds. The molecule has 0 aliphatic rings. The average molecular weight is 158 g/mol. The van der Waals surface area contributed by atoms with Gasteiger partial charge in [-0.25, -0.2) is 0 Å². The number of likely N-dealkylation sites (N-methyl/N-ethyl adjacent to an activating group) is 2. The van der Waals surface area contributed by atoms with E-state index in [1.54, 1.807) is 0 Å². The summed E-state index contributed by atoms with van der Waals surface area (Å²) >= 11 is 0. The van der Waals surface area contributed by atoms with E-state index >= 15 is 0 Å². The predicted octanol–water partition coefficient (Wildman–Crippen LogP) is 1.32. The maximum atomic E-state index is 3.33. The summed E-state index contributed by atoms with van der Waals surface area (Å²) in [5.41, 5.74) is 0. The molecule has 2 nitrogen and oxygen atoms in total. The van der Waals surface area contributed by atoms with Crippen molar-refractivity contribution in [3.63, 3.8) is 0 Å². The van der Waals surface area contributed by atoms with E-state index in [9.17, 15) is 0 Å². The average Bonchev–Trinajstić information content (AvgIpc) is 2.05. The van der Waals surface area contributed by atoms with E-state index in [2.05, 4.69) is 38.0 Å². The maximum absolute atomic E-state index is 3.33. The third-order valence-corrected chi connectivity index (χ3v) is 2.59. The summed E-state index contributed by atoms with van der Waals surface area (Å²) in [4.78, 5) is 2.37. The molecule has 0 heterocycles. The summed E-state index contributed by atoms with van der Waals surface area (Å²) in [6.45, 7) is 7.81. The fraction of sp³-hybridized carbons (Fsp3) is 1.00. The van der Waals surface area contributed by atoms with E-state index in [0.717, 1.165) is 6.54 Å². The molecule has 0 aromatic rings. The number of rotatable bonds is 5. The Morgan fingerprint density at radius 3 is 2.18 bits per heavy atom. The van der Waals surface area contributed by atoms with Crippen LogP contribution in [0.1, 0.15) is 27.2 Å². The van der Waals surface area contributed by atoms with Crippen molar-refractivity contribution in [3.8, 4) is 0 Å². The minimum Gasteiger partial charge on any atom is -0.315 e. The Balaban J connectivity index is 3.86. The van der Waals surface area contributed by atoms with Crippen LogP contribution in [-0.2, 0) is 0 Å². The van der Waals surface area contributed by atoms with Gasteiger partial charge in [0.1, 0.15) is 0 Å². The van der Waals surface area contributed by atoms with Crippen LogP contribution in [-0.4, -0.2) is 37.6 Å². The van der Waals surface area contributed by atoms with Gasteiger partial charge in [0.05, 0.1) is 0 Å². The minimum absolute atomic E-state index is 0.625. The number of nitrogens with zero attached hydrogens (tertiary/aromatic N) is 1. The van der Waals surface area contributed by atoms with Crippen molar-refractivity contribution in [1.82, 2.24) is 10.2 Å². The fourth-order valence-corrected chi connectivity index (χ4v) is 1.38. The van der Waals surface area contributed by atoms with Crippen LogP contribution in [0.3, 0.4) is 0 Å². The standard InChI is InChI=1S/C9H22N2/c1-6-9(10-4)8(3)11(5)7-2/h8-10H,6-7H2,1-5H3. The molecule has 0 aromatic carbocycles. The molecule has 0 rings (SSSR count). The Kier molecular flexibility index (Phi) is 5.51. The number of nitrogens with one attached hydrogen (secondary N) is 1. The van der Waals surface area contributed by atoms with Crippen molar-refractivity contribution in [2.24, 2.45) is 0 Å². The zero-order chi connectivity index (χ0) is 8.85. The monoisotopic (exact) mass is 158 g/mol. The molecule has 0 saturated carbocycles. The first-order valence-electron chi connectivity index (χ1n) is 4.54. The molecule has 1 N–H and O–H groups in total. The van der Waals surface area contributed by atoms with Crippen LogP contribution in [0.25, 0.3) is 0 Å². The highest BCUT2D eigenvalue weighted by molar-refractivity contribution is 4.76. The van der Waals surface area contributed by atoms with Gasteiger partial charge in [0.15, 0.2) is 0 Å². The van der Waals surface area contributed by atoms with Gasteiger partial charge < -0.3 is 10.2 Å². The molecule has 11 heavy (non-hydrogen) atoms. The lowest BCUT2D eigenvalue weighted by Gasteiger charge is -2.30. The molecule has 0 radical (unpaired) electrons. The molecule has 2 atom stereocenters. The van der Waals surface area contributed by atoms with Crippen LogP contribution < -0.4 is 5.32 Å². The smallest absolute Gasteiger partial charge is 0.0217 e. The van der Waals surface area contributed by atoms with E-state index in [4.69, 9.17) is 0 Å². The van der Waals surface area contributed by atoms with E-state index in [1.165, 1.54) is 6.42 Å². The second-order valence-corrected chi connectivity index (χ2v) is 3.12. The van der Waals surface area contributed by atoms with Gasteiger partial charge in [-0.3, -0.25) is 0 Å². The van der Waals surface area contributed by atoms with Crippen LogP contribution in [0.5, 0.6) is 0 Å². The van der Waals surface area contributed by atoms with Crippen molar-refractivity contribution in [3.05, 3.63) is 0 Å². The summed E-state index contributed by atoms with van der Waals surface area (Å²) in [7, 11) is 4.21. The van der Waals surface area contributed by atoms with Crippen LogP contribution in [0.2, 0.25) is 0 Å². The number of hydrogen-bond acceptors (Lipinski definition) is 2. The van der Waals surface area contributed by atoms with Crippen molar-refractivity contribution >= 4 is 0 Å². The van der Waals surface area contributed by atoms with Crippen LogP contribution in [0, 0.1) is 0 Å². The Labute approximate surface area is 71.0 Å². The normalized spacial score (nSPS) is 16.9. The Bertz CT molecular complexity index is 89.6. The van der Waals surface area contributed by atoms with Crippen molar-refractivity contribution < 1.29 is 0 Å². The molecule has 2 heteroatoms. The highest BCUT2D eigenvalue weighted by Gasteiger charge is 2.15. The van der Waals surface area contributed by atoms with Gasteiger partial charge in [0, 0.05) is 12.1 Å². The maximum Gasteiger partial charge on any atom is 0.0217 e. The lowest BCUT2D eigenvalue weighted by Crippen LogP contribution is -2.45. The van der Waals surface area contributed by atoms with Gasteiger partial charge in [-0.2, -0.15) is 0 Å². The Hall–Kier alpha value is -0.0800. The third-order valence-electron chi connectivity index (χ3n) is 2.59. The first-order valence-corrected chi connectivity index (χ1v) is 4.54. The van der Waals surface area contributed by atoms with Gasteiger partial charge >= 0.3 is 0 Å². The topological polar surface area (TPSA) is 15.3 Å². The van der Waals surface area contributed by atoms with Gasteiger partial charge in [0.2, 0.25) is 0 Å². The molecule has 0 bridgehead atoms. The largest absolute Gasteiger partial charge is 0.315 e. The van der Waals surface area contributed by atoms with Crippen LogP contribution in [0.4, 0.5) is 0 Å². The molecule has 0 aliphatic carbocycles. The summed E-state index contributed by atoms with van der Waals surface area (Å²) in [6.07, 6.45) is 1.20. The first-order chi connectivity index (χ1) is 5.17. The van der Waals surface area contributed by atoms with Crippen LogP contribution in [0.15, 0.2) is 0 Å². The third kappa shape index (κ3) is 3.21. The lowest BCUT2D eigenvalue weighted by molar-refractivity contribution is 0.217. The van der Waals surface area contributed by atoms with E-state index in [-0.39, 0.29) is 0 Å². The van der Waals surface area contributed by atoms with Gasteiger partial charge in [0.25, 0.3) is 0 Å². The van der Waals surface area contributed by atoms with Crippen molar-refractivity contribution in [2.45, 2.75) is 39.3 Å². The minimum atomic E-state index is 0.625. The molecule has 68 valence electrons.